The summed E-state index contributed by atoms with van der Waals surface area (Å²) in [4.78, 5) is 0. The van der Waals surface area contributed by atoms with Gasteiger partial charge in [-0.1, -0.05) is 0 Å². The van der Waals surface area contributed by atoms with Gasteiger partial charge in [0, 0.05) is 6.57 Å². The summed E-state index contributed by atoms with van der Waals surface area (Å²) in [5.41, 5.74) is 0. The van der Waals surface area contributed by atoms with Crippen molar-refractivity contribution in [2.75, 3.05) is 0 Å². The standard InChI is InChI=1S/CHN.K.H2O4S.H/c1-2;;1-5(2,3)4;/h1H;;(H2,1,2,3,4);/q;+1;;-1. The van der Waals surface area contributed by atoms with Gasteiger partial charge in [-0.15, -0.1) is 0 Å². The third kappa shape index (κ3) is 253. The maximum atomic E-state index is 8.74. The van der Waals surface area contributed by atoms with Gasteiger partial charge in [0.2, 0.25) is 0 Å². The third-order valence-electron chi connectivity index (χ3n) is 0. The van der Waals surface area contributed by atoms with E-state index in [0.29, 0.717) is 0 Å². The Morgan fingerprint density at radius 3 is 1.38 bits per heavy atom. The van der Waals surface area contributed by atoms with Crippen LogP contribution in [0.4, 0.5) is 0 Å². The van der Waals surface area contributed by atoms with Crippen LogP contribution in [0.3, 0.4) is 0 Å². The van der Waals surface area contributed by atoms with Gasteiger partial charge < -0.3 is 1.43 Å². The quantitative estimate of drug-likeness (QED) is 0.288. The molecule has 0 fully saturated rings. The monoisotopic (exact) mass is 165 g/mol. The zero-order valence-electron chi connectivity index (χ0n) is 5.14. The van der Waals surface area contributed by atoms with E-state index in [1.807, 2.05) is 0 Å². The molecule has 2 N–H and O–H groups in total. The molecule has 0 aromatic rings. The van der Waals surface area contributed by atoms with Crippen LogP contribution in [0, 0.1) is 11.8 Å². The second-order valence-corrected chi connectivity index (χ2v) is 1.34. The molecule has 0 aromatic carbocycles. The van der Waals surface area contributed by atoms with Gasteiger partial charge >= 0.3 is 61.8 Å². The number of hydrogen-bond acceptors (Lipinski definition) is 3. The molecule has 5 nitrogen and oxygen atoms in total. The summed E-state index contributed by atoms with van der Waals surface area (Å²) in [6.07, 6.45) is 0. The minimum atomic E-state index is -4.67. The van der Waals surface area contributed by atoms with E-state index in [-0.39, 0.29) is 52.8 Å². The number of rotatable bonds is 0. The maximum absolute atomic E-state index is 8.74. The molecule has 0 atom stereocenters. The molecule has 0 saturated carbocycles. The van der Waals surface area contributed by atoms with Crippen LogP contribution in [-0.4, -0.2) is 17.5 Å². The smallest absolute Gasteiger partial charge is 1.00 e. The van der Waals surface area contributed by atoms with Crippen LogP contribution >= 0.6 is 0 Å². The van der Waals surface area contributed by atoms with Crippen molar-refractivity contribution in [3.63, 3.8) is 0 Å². The van der Waals surface area contributed by atoms with Gasteiger partial charge in [-0.05, 0) is 0 Å². The minimum absolute atomic E-state index is 0. The summed E-state index contributed by atoms with van der Waals surface area (Å²) in [5, 5.41) is 6.50. The van der Waals surface area contributed by atoms with Crippen LogP contribution in [0.1, 0.15) is 1.43 Å². The van der Waals surface area contributed by atoms with Crippen LogP contribution < -0.4 is 51.4 Å². The van der Waals surface area contributed by atoms with Crippen molar-refractivity contribution >= 4 is 10.4 Å². The second kappa shape index (κ2) is 8.00. The number of nitriles is 1. The first-order valence-electron chi connectivity index (χ1n) is 0.957. The van der Waals surface area contributed by atoms with Crippen molar-refractivity contribution in [3.8, 4) is 6.57 Å². The van der Waals surface area contributed by atoms with E-state index < -0.39 is 10.4 Å². The summed E-state index contributed by atoms with van der Waals surface area (Å²) in [6.45, 7) is 3.50. The summed E-state index contributed by atoms with van der Waals surface area (Å²) in [7, 11) is -4.67. The molecule has 8 heavy (non-hydrogen) atoms. The Bertz CT molecular complexity index is 132. The van der Waals surface area contributed by atoms with Gasteiger partial charge in [0.15, 0.2) is 0 Å². The SMILES string of the molecule is C#N.O=S(=O)(O)O.[H-].[K+]. The predicted molar refractivity (Wildman–Crippen MR) is 22.0 cm³/mol. The van der Waals surface area contributed by atoms with Crippen LogP contribution in [0.25, 0.3) is 0 Å². The topological polar surface area (TPSA) is 98.4 Å². The van der Waals surface area contributed by atoms with Gasteiger partial charge in [-0.25, -0.2) is 5.26 Å². The molecule has 0 aromatic heterocycles. The van der Waals surface area contributed by atoms with Crippen molar-refractivity contribution in [1.82, 2.24) is 0 Å². The molecule has 0 radical (unpaired) electrons. The fourth-order valence-corrected chi connectivity index (χ4v) is 0. The Labute approximate surface area is 91.2 Å². The van der Waals surface area contributed by atoms with Gasteiger partial charge in [0.1, 0.15) is 0 Å². The van der Waals surface area contributed by atoms with E-state index >= 15 is 0 Å². The van der Waals surface area contributed by atoms with Gasteiger partial charge in [-0.2, -0.15) is 8.42 Å². The zero-order valence-corrected chi connectivity index (χ0v) is 8.08. The van der Waals surface area contributed by atoms with Crippen molar-refractivity contribution in [2.45, 2.75) is 0 Å². The van der Waals surface area contributed by atoms with E-state index in [0.717, 1.165) is 0 Å². The van der Waals surface area contributed by atoms with Crippen LogP contribution in [-0.2, 0) is 10.4 Å². The summed E-state index contributed by atoms with van der Waals surface area (Å²) in [5.74, 6) is 0. The van der Waals surface area contributed by atoms with E-state index in [4.69, 9.17) is 22.8 Å². The molecule has 0 rings (SSSR count). The molecule has 0 unspecified atom stereocenters. The molecule has 0 saturated heterocycles. The van der Waals surface area contributed by atoms with E-state index in [1.165, 1.54) is 0 Å². The van der Waals surface area contributed by atoms with Crippen molar-refractivity contribution in [3.05, 3.63) is 0 Å². The first kappa shape index (κ1) is 16.0. The first-order chi connectivity index (χ1) is 3.00. The summed E-state index contributed by atoms with van der Waals surface area (Å²) < 4.78 is 31.6. The number of hydrogen-bond donors (Lipinski definition) is 2. The minimum Gasteiger partial charge on any atom is -1.00 e. The molecule has 0 bridgehead atoms. The molecule has 0 heterocycles. The Morgan fingerprint density at radius 1 is 1.38 bits per heavy atom. The third-order valence-corrected chi connectivity index (χ3v) is 0. The Kier molecular flexibility index (Phi) is 16.0. The second-order valence-electron chi connectivity index (χ2n) is 0.448. The average Bonchev–Trinajstić information content (AvgIpc) is 1.36. The molecule has 0 aliphatic carbocycles. The van der Waals surface area contributed by atoms with E-state index in [1.54, 1.807) is 0 Å². The molecular formula is CH4KNO4S. The van der Waals surface area contributed by atoms with Gasteiger partial charge in [0.05, 0.1) is 0 Å². The predicted octanol–water partition coefficient (Wildman–Crippen LogP) is -3.40. The molecular weight excluding hydrogens is 161 g/mol. The van der Waals surface area contributed by atoms with E-state index in [9.17, 15) is 0 Å². The fourth-order valence-electron chi connectivity index (χ4n) is 0. The van der Waals surface area contributed by atoms with Crippen molar-refractivity contribution < 1.29 is 70.3 Å². The Morgan fingerprint density at radius 2 is 1.38 bits per heavy atom. The molecule has 7 heteroatoms. The summed E-state index contributed by atoms with van der Waals surface area (Å²) in [6, 6.07) is 0. The zero-order chi connectivity index (χ0) is 6.50. The van der Waals surface area contributed by atoms with Crippen molar-refractivity contribution in [2.24, 2.45) is 0 Å². The summed E-state index contributed by atoms with van der Waals surface area (Å²) >= 11 is 0. The first-order valence-corrected chi connectivity index (χ1v) is 2.35. The fraction of sp³-hybridized carbons (Fsp3) is 0. The molecule has 0 spiro atoms. The van der Waals surface area contributed by atoms with Crippen LogP contribution in [0.15, 0.2) is 0 Å². The Hall–Kier alpha value is 0.996. The normalized spacial score (nSPS) is 7.50. The van der Waals surface area contributed by atoms with Crippen molar-refractivity contribution in [1.29, 1.82) is 5.26 Å². The van der Waals surface area contributed by atoms with Gasteiger partial charge in [-0.3, -0.25) is 9.11 Å². The van der Waals surface area contributed by atoms with Crippen LogP contribution in [0.5, 0.6) is 0 Å². The van der Waals surface area contributed by atoms with E-state index in [2.05, 4.69) is 6.57 Å². The largest absolute Gasteiger partial charge is 1.00 e. The van der Waals surface area contributed by atoms with Gasteiger partial charge in [0.25, 0.3) is 0 Å². The molecule has 0 amide bonds. The number of nitrogens with zero attached hydrogens (tertiary/aromatic N) is 1. The maximum Gasteiger partial charge on any atom is 1.00 e. The Balaban J connectivity index is -0.0000000286. The molecule has 0 aliphatic rings. The molecule has 0 aliphatic heterocycles. The average molecular weight is 165 g/mol. The molecule has 44 valence electrons. The van der Waals surface area contributed by atoms with Crippen LogP contribution in [0.2, 0.25) is 0 Å².